The van der Waals surface area contributed by atoms with Crippen molar-refractivity contribution in [3.63, 3.8) is 0 Å². The highest BCUT2D eigenvalue weighted by atomic mass is 32.1. The molecule has 3 heterocycles. The van der Waals surface area contributed by atoms with Crippen LogP contribution in [0.2, 0.25) is 0 Å². The van der Waals surface area contributed by atoms with Crippen molar-refractivity contribution in [1.29, 1.82) is 5.26 Å². The Morgan fingerprint density at radius 2 is 2.00 bits per heavy atom. The van der Waals surface area contributed by atoms with Crippen LogP contribution in [0.25, 0.3) is 22.6 Å². The van der Waals surface area contributed by atoms with E-state index in [1.54, 1.807) is 24.4 Å². The standard InChI is InChI=1S/C20H16F3N3O2S/c1-11(2)9-26-16(6-15(20(21,22)23)14(7-24)19(26)27)17-5-13(10-28-17)12-3-4-18(29)25-8-12/h3-6,8,10-11H,9H2,1-2H3,(H,25,29). The van der Waals surface area contributed by atoms with Crippen molar-refractivity contribution in [2.45, 2.75) is 26.6 Å². The molecule has 150 valence electrons. The van der Waals surface area contributed by atoms with Crippen LogP contribution in [0.3, 0.4) is 0 Å². The molecule has 0 radical (unpaired) electrons. The third-order valence-corrected chi connectivity index (χ3v) is 4.49. The van der Waals surface area contributed by atoms with E-state index in [0.717, 1.165) is 16.2 Å². The van der Waals surface area contributed by atoms with E-state index in [4.69, 9.17) is 21.9 Å². The van der Waals surface area contributed by atoms with Gasteiger partial charge in [-0.3, -0.25) is 4.79 Å². The monoisotopic (exact) mass is 419 g/mol. The molecule has 0 aromatic carbocycles. The molecule has 3 aromatic rings. The second-order valence-corrected chi connectivity index (χ2v) is 7.32. The Hall–Kier alpha value is -3.12. The van der Waals surface area contributed by atoms with Crippen molar-refractivity contribution < 1.29 is 17.6 Å². The van der Waals surface area contributed by atoms with E-state index in [1.807, 2.05) is 13.8 Å². The zero-order valence-corrected chi connectivity index (χ0v) is 16.3. The fraction of sp³-hybridized carbons (Fsp3) is 0.250. The molecular formula is C20H16F3N3O2S. The van der Waals surface area contributed by atoms with Gasteiger partial charge in [0.15, 0.2) is 5.76 Å². The van der Waals surface area contributed by atoms with Crippen molar-refractivity contribution in [1.82, 2.24) is 9.55 Å². The van der Waals surface area contributed by atoms with E-state index < -0.39 is 22.9 Å². The molecule has 0 spiro atoms. The summed E-state index contributed by atoms with van der Waals surface area (Å²) in [5.41, 5.74) is -1.91. The lowest BCUT2D eigenvalue weighted by atomic mass is 10.1. The summed E-state index contributed by atoms with van der Waals surface area (Å²) in [4.78, 5) is 15.6. The first-order valence-electron chi connectivity index (χ1n) is 8.65. The first-order chi connectivity index (χ1) is 13.6. The minimum atomic E-state index is -4.85. The quantitative estimate of drug-likeness (QED) is 0.576. The number of furan rings is 1. The topological polar surface area (TPSA) is 74.7 Å². The van der Waals surface area contributed by atoms with Gasteiger partial charge in [0, 0.05) is 23.9 Å². The minimum Gasteiger partial charge on any atom is -0.462 e. The van der Waals surface area contributed by atoms with Gasteiger partial charge in [-0.2, -0.15) is 18.4 Å². The summed E-state index contributed by atoms with van der Waals surface area (Å²) < 4.78 is 47.6. The van der Waals surface area contributed by atoms with Crippen LogP contribution in [0.4, 0.5) is 13.2 Å². The molecular weight excluding hydrogens is 403 g/mol. The first-order valence-corrected chi connectivity index (χ1v) is 9.05. The molecule has 29 heavy (non-hydrogen) atoms. The molecule has 0 aliphatic carbocycles. The lowest BCUT2D eigenvalue weighted by molar-refractivity contribution is -0.137. The normalized spacial score (nSPS) is 11.6. The summed E-state index contributed by atoms with van der Waals surface area (Å²) in [6.07, 6.45) is -1.81. The van der Waals surface area contributed by atoms with Crippen molar-refractivity contribution >= 4 is 12.2 Å². The maximum absolute atomic E-state index is 13.5. The van der Waals surface area contributed by atoms with Crippen LogP contribution >= 0.6 is 12.2 Å². The van der Waals surface area contributed by atoms with Crippen molar-refractivity contribution in [3.8, 4) is 28.7 Å². The van der Waals surface area contributed by atoms with Gasteiger partial charge in [-0.25, -0.2) is 0 Å². The zero-order valence-electron chi connectivity index (χ0n) is 15.5. The Morgan fingerprint density at radius 1 is 1.28 bits per heavy atom. The number of pyridine rings is 2. The van der Waals surface area contributed by atoms with Gasteiger partial charge in [-0.1, -0.05) is 26.1 Å². The Kier molecular flexibility index (Phi) is 5.48. The maximum atomic E-state index is 13.5. The molecule has 0 bridgehead atoms. The van der Waals surface area contributed by atoms with Gasteiger partial charge in [0.25, 0.3) is 5.56 Å². The van der Waals surface area contributed by atoms with Crippen molar-refractivity contribution in [3.05, 3.63) is 62.8 Å². The van der Waals surface area contributed by atoms with E-state index >= 15 is 0 Å². The molecule has 0 amide bonds. The van der Waals surface area contributed by atoms with E-state index in [2.05, 4.69) is 4.98 Å². The predicted octanol–water partition coefficient (Wildman–Crippen LogP) is 5.38. The predicted molar refractivity (Wildman–Crippen MR) is 104 cm³/mol. The average molecular weight is 419 g/mol. The number of hydrogen-bond donors (Lipinski definition) is 1. The second kappa shape index (κ2) is 7.72. The number of hydrogen-bond acceptors (Lipinski definition) is 4. The number of rotatable bonds is 4. The molecule has 9 heteroatoms. The lowest BCUT2D eigenvalue weighted by Gasteiger charge is -2.17. The van der Waals surface area contributed by atoms with Gasteiger partial charge in [-0.15, -0.1) is 0 Å². The van der Waals surface area contributed by atoms with Crippen molar-refractivity contribution in [2.24, 2.45) is 5.92 Å². The van der Waals surface area contributed by atoms with E-state index in [0.29, 0.717) is 10.2 Å². The molecule has 3 rings (SSSR count). The van der Waals surface area contributed by atoms with Crippen LogP contribution in [0.5, 0.6) is 0 Å². The van der Waals surface area contributed by atoms with Gasteiger partial charge in [0.1, 0.15) is 16.3 Å². The zero-order chi connectivity index (χ0) is 21.3. The molecule has 0 saturated carbocycles. The molecule has 1 N–H and O–H groups in total. The first kappa shape index (κ1) is 20.6. The average Bonchev–Trinajstić information content (AvgIpc) is 3.12. The van der Waals surface area contributed by atoms with E-state index in [9.17, 15) is 18.0 Å². The van der Waals surface area contributed by atoms with Crippen molar-refractivity contribution in [2.75, 3.05) is 0 Å². The van der Waals surface area contributed by atoms with Crippen LogP contribution in [0.1, 0.15) is 25.0 Å². The van der Waals surface area contributed by atoms with Gasteiger partial charge in [0.2, 0.25) is 0 Å². The van der Waals surface area contributed by atoms with Crippen LogP contribution in [-0.2, 0) is 12.7 Å². The number of aromatic nitrogens is 2. The number of halogens is 3. The third kappa shape index (κ3) is 4.17. The number of nitrogens with zero attached hydrogens (tertiary/aromatic N) is 2. The molecule has 0 aliphatic rings. The highest BCUT2D eigenvalue weighted by molar-refractivity contribution is 7.71. The Labute approximate surface area is 169 Å². The number of nitriles is 1. The third-order valence-electron chi connectivity index (χ3n) is 4.23. The summed E-state index contributed by atoms with van der Waals surface area (Å²) >= 11 is 5.00. The highest BCUT2D eigenvalue weighted by Gasteiger charge is 2.37. The van der Waals surface area contributed by atoms with Gasteiger partial charge < -0.3 is 14.0 Å². The Balaban J connectivity index is 2.24. The SMILES string of the molecule is CC(C)Cn1c(-c2cc(-c3ccc(=S)[nH]c3)co2)cc(C(F)(F)F)c(C#N)c1=O. The summed E-state index contributed by atoms with van der Waals surface area (Å²) in [6.45, 7) is 3.77. The molecule has 0 saturated heterocycles. The van der Waals surface area contributed by atoms with Crippen LogP contribution < -0.4 is 5.56 Å². The van der Waals surface area contributed by atoms with Gasteiger partial charge in [0.05, 0.1) is 17.5 Å². The largest absolute Gasteiger partial charge is 0.462 e. The Morgan fingerprint density at radius 3 is 2.55 bits per heavy atom. The summed E-state index contributed by atoms with van der Waals surface area (Å²) in [5.74, 6) is 0.0496. The minimum absolute atomic E-state index is 0.0369. The number of nitrogens with one attached hydrogen (secondary N) is 1. The Bertz CT molecular complexity index is 1190. The highest BCUT2D eigenvalue weighted by Crippen LogP contribution is 2.35. The smallest absolute Gasteiger partial charge is 0.417 e. The second-order valence-electron chi connectivity index (χ2n) is 6.88. The van der Waals surface area contributed by atoms with Gasteiger partial charge >= 0.3 is 6.18 Å². The van der Waals surface area contributed by atoms with E-state index in [1.165, 1.54) is 12.3 Å². The molecule has 0 unspecified atom stereocenters. The fourth-order valence-corrected chi connectivity index (χ4v) is 3.07. The summed E-state index contributed by atoms with van der Waals surface area (Å²) in [6, 6.07) is 7.16. The molecule has 0 atom stereocenters. The molecule has 0 aliphatic heterocycles. The summed E-state index contributed by atoms with van der Waals surface area (Å²) in [7, 11) is 0. The van der Waals surface area contributed by atoms with Crippen LogP contribution in [0, 0.1) is 21.9 Å². The van der Waals surface area contributed by atoms with Gasteiger partial charge in [-0.05, 0) is 30.2 Å². The molecule has 0 fully saturated rings. The number of alkyl halides is 3. The fourth-order valence-electron chi connectivity index (χ4n) is 2.94. The lowest BCUT2D eigenvalue weighted by Crippen LogP contribution is -2.29. The molecule has 3 aromatic heterocycles. The maximum Gasteiger partial charge on any atom is 0.417 e. The summed E-state index contributed by atoms with van der Waals surface area (Å²) in [5, 5.41) is 9.16. The van der Waals surface area contributed by atoms with Crippen LogP contribution in [-0.4, -0.2) is 9.55 Å². The van der Waals surface area contributed by atoms with Crippen LogP contribution in [0.15, 0.2) is 45.9 Å². The number of aromatic amines is 1. The molecule has 5 nitrogen and oxygen atoms in total. The number of H-pyrrole nitrogens is 1. The van der Waals surface area contributed by atoms with E-state index in [-0.39, 0.29) is 23.9 Å².